The van der Waals surface area contributed by atoms with E-state index in [9.17, 15) is 0 Å². The molecular formula is C17H15BrN4O2S. The van der Waals surface area contributed by atoms with Gasteiger partial charge in [0.15, 0.2) is 17.3 Å². The van der Waals surface area contributed by atoms with E-state index in [1.165, 1.54) is 0 Å². The van der Waals surface area contributed by atoms with Crippen LogP contribution in [0.2, 0.25) is 0 Å². The zero-order chi connectivity index (χ0) is 17.8. The van der Waals surface area contributed by atoms with Crippen molar-refractivity contribution in [2.75, 3.05) is 14.2 Å². The molecule has 1 aromatic heterocycles. The predicted octanol–water partition coefficient (Wildman–Crippen LogP) is 4.27. The van der Waals surface area contributed by atoms with Crippen molar-refractivity contribution in [2.24, 2.45) is 5.10 Å². The van der Waals surface area contributed by atoms with Crippen molar-refractivity contribution in [1.82, 2.24) is 14.9 Å². The fourth-order valence-electron chi connectivity index (χ4n) is 2.23. The maximum atomic E-state index is 5.34. The van der Waals surface area contributed by atoms with Crippen molar-refractivity contribution in [2.45, 2.75) is 0 Å². The molecule has 0 unspecified atom stereocenters. The highest BCUT2D eigenvalue weighted by Crippen LogP contribution is 2.31. The molecule has 6 nitrogen and oxygen atoms in total. The number of aromatic amines is 1. The quantitative estimate of drug-likeness (QED) is 0.496. The Morgan fingerprint density at radius 1 is 1.12 bits per heavy atom. The Morgan fingerprint density at radius 3 is 2.52 bits per heavy atom. The molecular weight excluding hydrogens is 404 g/mol. The van der Waals surface area contributed by atoms with Gasteiger partial charge in [-0.25, -0.2) is 5.10 Å². The molecule has 0 radical (unpaired) electrons. The Labute approximate surface area is 158 Å². The van der Waals surface area contributed by atoms with Crippen LogP contribution in [0.5, 0.6) is 11.5 Å². The van der Waals surface area contributed by atoms with E-state index in [-0.39, 0.29) is 0 Å². The molecule has 1 heterocycles. The topological polar surface area (TPSA) is 64.4 Å². The number of rotatable bonds is 5. The minimum atomic E-state index is 0.401. The molecule has 0 atom stereocenters. The van der Waals surface area contributed by atoms with Gasteiger partial charge in [-0.15, -0.1) is 0 Å². The molecule has 0 saturated carbocycles. The number of benzene rings is 2. The molecule has 0 saturated heterocycles. The standard InChI is InChI=1S/C17H15BrN4O2S/c1-23-14-8-5-12(9-15(14)24-2)16-20-21-17(25)22(16)19-10-11-3-6-13(18)7-4-11/h3-10H,1-2H3,(H,21,25)/b19-10+. The second-order valence-electron chi connectivity index (χ2n) is 5.03. The number of hydrogen-bond acceptors (Lipinski definition) is 5. The van der Waals surface area contributed by atoms with Crippen LogP contribution in [0.25, 0.3) is 11.4 Å². The Bertz CT molecular complexity index is 964. The lowest BCUT2D eigenvalue weighted by atomic mass is 10.2. The lowest BCUT2D eigenvalue weighted by molar-refractivity contribution is 0.355. The summed E-state index contributed by atoms with van der Waals surface area (Å²) < 4.78 is 13.6. The fourth-order valence-corrected chi connectivity index (χ4v) is 2.68. The summed E-state index contributed by atoms with van der Waals surface area (Å²) in [6.45, 7) is 0. The maximum absolute atomic E-state index is 5.34. The monoisotopic (exact) mass is 418 g/mol. The third-order valence-electron chi connectivity index (χ3n) is 3.48. The van der Waals surface area contributed by atoms with Crippen molar-refractivity contribution in [3.8, 4) is 22.9 Å². The molecule has 0 spiro atoms. The fraction of sp³-hybridized carbons (Fsp3) is 0.118. The van der Waals surface area contributed by atoms with Gasteiger partial charge in [0.2, 0.25) is 4.77 Å². The first kappa shape index (κ1) is 17.4. The van der Waals surface area contributed by atoms with Crippen LogP contribution < -0.4 is 9.47 Å². The van der Waals surface area contributed by atoms with Crippen LogP contribution in [0, 0.1) is 4.77 Å². The average Bonchev–Trinajstić information content (AvgIpc) is 3.01. The highest BCUT2D eigenvalue weighted by molar-refractivity contribution is 9.10. The van der Waals surface area contributed by atoms with E-state index in [0.717, 1.165) is 15.6 Å². The molecule has 128 valence electrons. The Kier molecular flexibility index (Phi) is 5.30. The molecule has 0 aliphatic rings. The number of nitrogens with zero attached hydrogens (tertiary/aromatic N) is 3. The summed E-state index contributed by atoms with van der Waals surface area (Å²) in [7, 11) is 3.18. The van der Waals surface area contributed by atoms with Gasteiger partial charge in [-0.1, -0.05) is 28.1 Å². The first-order valence-electron chi connectivity index (χ1n) is 7.32. The lowest BCUT2D eigenvalue weighted by Crippen LogP contribution is -1.96. The van der Waals surface area contributed by atoms with Crippen LogP contribution in [0.1, 0.15) is 5.56 Å². The summed E-state index contributed by atoms with van der Waals surface area (Å²) in [6, 6.07) is 13.3. The zero-order valence-corrected chi connectivity index (χ0v) is 16.0. The summed E-state index contributed by atoms with van der Waals surface area (Å²) in [5, 5.41) is 11.5. The van der Waals surface area contributed by atoms with Gasteiger partial charge in [0.1, 0.15) is 0 Å². The number of hydrogen-bond donors (Lipinski definition) is 1. The van der Waals surface area contributed by atoms with Crippen molar-refractivity contribution in [3.05, 3.63) is 57.3 Å². The number of methoxy groups -OCH3 is 2. The van der Waals surface area contributed by atoms with E-state index >= 15 is 0 Å². The average molecular weight is 419 g/mol. The van der Waals surface area contributed by atoms with E-state index in [0.29, 0.717) is 22.1 Å². The van der Waals surface area contributed by atoms with Gasteiger partial charge < -0.3 is 9.47 Å². The van der Waals surface area contributed by atoms with Gasteiger partial charge in [-0.3, -0.25) is 0 Å². The highest BCUT2D eigenvalue weighted by Gasteiger charge is 2.12. The summed E-state index contributed by atoms with van der Waals surface area (Å²) in [4.78, 5) is 0. The summed E-state index contributed by atoms with van der Waals surface area (Å²) >= 11 is 8.70. The van der Waals surface area contributed by atoms with E-state index in [1.807, 2.05) is 42.5 Å². The van der Waals surface area contributed by atoms with Crippen LogP contribution in [-0.4, -0.2) is 35.3 Å². The summed E-state index contributed by atoms with van der Waals surface area (Å²) in [5.41, 5.74) is 1.75. The normalized spacial score (nSPS) is 11.0. The van der Waals surface area contributed by atoms with Gasteiger partial charge >= 0.3 is 0 Å². The maximum Gasteiger partial charge on any atom is 0.216 e. The van der Waals surface area contributed by atoms with Gasteiger partial charge in [0.25, 0.3) is 0 Å². The van der Waals surface area contributed by atoms with Crippen molar-refractivity contribution in [1.29, 1.82) is 0 Å². The van der Waals surface area contributed by atoms with E-state index in [2.05, 4.69) is 31.2 Å². The van der Waals surface area contributed by atoms with Crippen molar-refractivity contribution in [3.63, 3.8) is 0 Å². The van der Waals surface area contributed by atoms with Crippen molar-refractivity contribution >= 4 is 34.4 Å². The highest BCUT2D eigenvalue weighted by atomic mass is 79.9. The Morgan fingerprint density at radius 2 is 1.84 bits per heavy atom. The predicted molar refractivity (Wildman–Crippen MR) is 103 cm³/mol. The van der Waals surface area contributed by atoms with Gasteiger partial charge in [-0.05, 0) is 48.1 Å². The zero-order valence-electron chi connectivity index (χ0n) is 13.6. The van der Waals surface area contributed by atoms with Crippen LogP contribution >= 0.6 is 28.1 Å². The van der Waals surface area contributed by atoms with Crippen molar-refractivity contribution < 1.29 is 9.47 Å². The minimum Gasteiger partial charge on any atom is -0.493 e. The molecule has 0 fully saturated rings. The molecule has 0 aliphatic heterocycles. The first-order valence-corrected chi connectivity index (χ1v) is 8.52. The molecule has 0 bridgehead atoms. The van der Waals surface area contributed by atoms with E-state index in [1.54, 1.807) is 25.1 Å². The number of H-pyrrole nitrogens is 1. The SMILES string of the molecule is COc1ccc(-c2n[nH]c(=S)n2/N=C/c2ccc(Br)cc2)cc1OC. The minimum absolute atomic E-state index is 0.401. The second-order valence-corrected chi connectivity index (χ2v) is 6.33. The van der Waals surface area contributed by atoms with Crippen LogP contribution in [0.4, 0.5) is 0 Å². The van der Waals surface area contributed by atoms with Gasteiger partial charge in [-0.2, -0.15) is 14.9 Å². The molecule has 1 N–H and O–H groups in total. The number of halogens is 1. The molecule has 3 rings (SSSR count). The Hall–Kier alpha value is -2.45. The summed E-state index contributed by atoms with van der Waals surface area (Å²) in [6.07, 6.45) is 1.72. The molecule has 25 heavy (non-hydrogen) atoms. The number of ether oxygens (including phenoxy) is 2. The van der Waals surface area contributed by atoms with Gasteiger partial charge in [0.05, 0.1) is 20.4 Å². The second kappa shape index (κ2) is 7.62. The van der Waals surface area contributed by atoms with Crippen LogP contribution in [0.15, 0.2) is 52.0 Å². The third kappa shape index (κ3) is 3.80. The molecule has 0 amide bonds. The first-order chi connectivity index (χ1) is 12.1. The third-order valence-corrected chi connectivity index (χ3v) is 4.28. The smallest absolute Gasteiger partial charge is 0.216 e. The van der Waals surface area contributed by atoms with Crippen LogP contribution in [0.3, 0.4) is 0 Å². The summed E-state index contributed by atoms with van der Waals surface area (Å²) in [5.74, 6) is 1.84. The van der Waals surface area contributed by atoms with Gasteiger partial charge in [0, 0.05) is 10.0 Å². The molecule has 8 heteroatoms. The van der Waals surface area contributed by atoms with E-state index < -0.39 is 0 Å². The number of nitrogens with one attached hydrogen (secondary N) is 1. The molecule has 2 aromatic carbocycles. The Balaban J connectivity index is 1.99. The molecule has 0 aliphatic carbocycles. The molecule has 3 aromatic rings. The van der Waals surface area contributed by atoms with E-state index in [4.69, 9.17) is 21.7 Å². The van der Waals surface area contributed by atoms with Crippen LogP contribution in [-0.2, 0) is 0 Å². The number of aromatic nitrogens is 3. The largest absolute Gasteiger partial charge is 0.493 e. The lowest BCUT2D eigenvalue weighted by Gasteiger charge is -2.09.